The van der Waals surface area contributed by atoms with Crippen LogP contribution in [0.25, 0.3) is 11.1 Å². The fourth-order valence-electron chi connectivity index (χ4n) is 4.23. The number of rotatable bonds is 5. The minimum Gasteiger partial charge on any atom is -0.497 e. The fraction of sp³-hybridized carbons (Fsp3) is 0.476. The number of carbonyl (C=O) groups excluding carboxylic acids is 1. The number of nitrogens with one attached hydrogen (secondary N) is 2. The molecule has 32 heavy (non-hydrogen) atoms. The molecule has 3 atom stereocenters. The maximum Gasteiger partial charge on any atom is 0.321 e. The Morgan fingerprint density at radius 1 is 1.41 bits per heavy atom. The first kappa shape index (κ1) is 21.0. The van der Waals surface area contributed by atoms with Gasteiger partial charge in [-0.2, -0.15) is 4.98 Å². The van der Waals surface area contributed by atoms with Crippen molar-refractivity contribution in [2.24, 2.45) is 0 Å². The number of fused-ring (bicyclic) bond motifs is 2. The van der Waals surface area contributed by atoms with Gasteiger partial charge >= 0.3 is 6.03 Å². The molecule has 0 bridgehead atoms. The third-order valence-corrected chi connectivity index (χ3v) is 7.03. The molecule has 4 heterocycles. The third kappa shape index (κ3) is 3.87. The number of thiazole rings is 1. The molecule has 0 spiro atoms. The lowest BCUT2D eigenvalue weighted by atomic mass is 10.00. The first-order chi connectivity index (χ1) is 15.6. The van der Waals surface area contributed by atoms with Crippen LogP contribution in [0.2, 0.25) is 0 Å². The Morgan fingerprint density at radius 2 is 2.28 bits per heavy atom. The van der Waals surface area contributed by atoms with Gasteiger partial charge in [-0.25, -0.2) is 9.78 Å². The Kier molecular flexibility index (Phi) is 5.62. The standard InChI is InChI=1S/C21H25N5O5S/c1-11-18-16(23-20(32-18)25-19(28)22-12-5-6-30-10-12)7-13(9-27)26(11)21-24-15-8-14(29-2)3-4-17(15)31-21/h3-4,8,11-13,27H,5-7,9-10H2,1-2H3,(H2,22,23,25,28)/t11-,12+,13-/m0/s1. The summed E-state index contributed by atoms with van der Waals surface area (Å²) in [6, 6.07) is 5.26. The number of aliphatic hydroxyl groups is 1. The Hall–Kier alpha value is -2.89. The fourth-order valence-corrected chi connectivity index (χ4v) is 5.27. The van der Waals surface area contributed by atoms with Gasteiger partial charge in [-0.05, 0) is 25.5 Å². The van der Waals surface area contributed by atoms with Crippen molar-refractivity contribution in [2.75, 3.05) is 37.1 Å². The van der Waals surface area contributed by atoms with E-state index in [0.717, 1.165) is 17.0 Å². The number of hydrogen-bond acceptors (Lipinski definition) is 9. The zero-order valence-corrected chi connectivity index (χ0v) is 18.6. The first-order valence-electron chi connectivity index (χ1n) is 10.5. The molecule has 0 radical (unpaired) electrons. The lowest BCUT2D eigenvalue weighted by Gasteiger charge is -2.37. The molecule has 170 valence electrons. The van der Waals surface area contributed by atoms with Crippen LogP contribution < -0.4 is 20.3 Å². The molecule has 10 nitrogen and oxygen atoms in total. The van der Waals surface area contributed by atoms with E-state index < -0.39 is 0 Å². The van der Waals surface area contributed by atoms with Crippen molar-refractivity contribution >= 4 is 39.6 Å². The predicted molar refractivity (Wildman–Crippen MR) is 120 cm³/mol. The molecule has 3 N–H and O–H groups in total. The van der Waals surface area contributed by atoms with Crippen molar-refractivity contribution < 1.29 is 23.8 Å². The average Bonchev–Trinajstić information content (AvgIpc) is 3.52. The molecule has 1 saturated heterocycles. The molecular weight excluding hydrogens is 434 g/mol. The number of anilines is 2. The molecule has 2 aromatic heterocycles. The second-order valence-corrected chi connectivity index (χ2v) is 8.97. The molecule has 2 amide bonds. The van der Waals surface area contributed by atoms with Gasteiger partial charge in [0.15, 0.2) is 10.7 Å². The normalized spacial score (nSPS) is 22.7. The highest BCUT2D eigenvalue weighted by atomic mass is 32.1. The van der Waals surface area contributed by atoms with E-state index in [2.05, 4.69) is 20.6 Å². The number of hydrogen-bond donors (Lipinski definition) is 3. The highest BCUT2D eigenvalue weighted by Gasteiger charge is 2.37. The topological polar surface area (TPSA) is 122 Å². The molecule has 1 fully saturated rings. The van der Waals surface area contributed by atoms with E-state index in [4.69, 9.17) is 13.9 Å². The lowest BCUT2D eigenvalue weighted by Crippen LogP contribution is -2.45. The number of urea groups is 1. The molecule has 5 rings (SSSR count). The summed E-state index contributed by atoms with van der Waals surface area (Å²) in [5, 5.41) is 16.4. The maximum absolute atomic E-state index is 12.3. The van der Waals surface area contributed by atoms with Crippen LogP contribution in [-0.2, 0) is 11.2 Å². The summed E-state index contributed by atoms with van der Waals surface area (Å²) in [7, 11) is 1.61. The smallest absolute Gasteiger partial charge is 0.321 e. The van der Waals surface area contributed by atoms with Gasteiger partial charge in [-0.3, -0.25) is 5.32 Å². The van der Waals surface area contributed by atoms with Crippen molar-refractivity contribution in [3.05, 3.63) is 28.8 Å². The second-order valence-electron chi connectivity index (χ2n) is 7.94. The molecule has 3 aromatic rings. The van der Waals surface area contributed by atoms with E-state index in [1.807, 2.05) is 30.0 Å². The van der Waals surface area contributed by atoms with Gasteiger partial charge in [0, 0.05) is 19.1 Å². The van der Waals surface area contributed by atoms with Gasteiger partial charge < -0.3 is 29.2 Å². The maximum atomic E-state index is 12.3. The highest BCUT2D eigenvalue weighted by Crippen LogP contribution is 2.41. The van der Waals surface area contributed by atoms with E-state index in [9.17, 15) is 9.90 Å². The molecule has 2 aliphatic heterocycles. The van der Waals surface area contributed by atoms with Crippen molar-refractivity contribution in [3.63, 3.8) is 0 Å². The Morgan fingerprint density at radius 3 is 3.03 bits per heavy atom. The first-order valence-corrected chi connectivity index (χ1v) is 11.4. The second kappa shape index (κ2) is 8.57. The molecule has 1 aromatic carbocycles. The van der Waals surface area contributed by atoms with Crippen LogP contribution in [0.5, 0.6) is 5.75 Å². The summed E-state index contributed by atoms with van der Waals surface area (Å²) in [5.74, 6) is 0.700. The van der Waals surface area contributed by atoms with Crippen LogP contribution >= 0.6 is 11.3 Å². The average molecular weight is 460 g/mol. The number of ether oxygens (including phenoxy) is 2. The van der Waals surface area contributed by atoms with Gasteiger partial charge in [0.05, 0.1) is 49.0 Å². The number of aromatic nitrogens is 2. The molecule has 2 aliphatic rings. The number of benzene rings is 1. The lowest BCUT2D eigenvalue weighted by molar-refractivity contribution is 0.189. The minimum atomic E-state index is -0.289. The highest BCUT2D eigenvalue weighted by molar-refractivity contribution is 7.16. The van der Waals surface area contributed by atoms with E-state index in [0.29, 0.717) is 47.6 Å². The van der Waals surface area contributed by atoms with Gasteiger partial charge in [-0.1, -0.05) is 11.3 Å². The van der Waals surface area contributed by atoms with Gasteiger partial charge in [-0.15, -0.1) is 0 Å². The van der Waals surface area contributed by atoms with Gasteiger partial charge in [0.25, 0.3) is 6.01 Å². The number of methoxy groups -OCH3 is 1. The summed E-state index contributed by atoms with van der Waals surface area (Å²) in [6.07, 6.45) is 1.33. The van der Waals surface area contributed by atoms with E-state index in [1.54, 1.807) is 7.11 Å². The molecule has 0 saturated carbocycles. The van der Waals surface area contributed by atoms with Crippen LogP contribution in [0.1, 0.15) is 30.0 Å². The predicted octanol–water partition coefficient (Wildman–Crippen LogP) is 2.69. The summed E-state index contributed by atoms with van der Waals surface area (Å²) < 4.78 is 16.6. The van der Waals surface area contributed by atoms with Crippen molar-refractivity contribution in [1.29, 1.82) is 0 Å². The number of aliphatic hydroxyl groups excluding tert-OH is 1. The number of amides is 2. The zero-order chi connectivity index (χ0) is 22.2. The summed E-state index contributed by atoms with van der Waals surface area (Å²) in [4.78, 5) is 24.6. The SMILES string of the molecule is COc1ccc2oc(N3[C@H](CO)Cc4nc(NC(=O)N[C@@H]5CCOC5)sc4[C@@H]3C)nc2c1. The Labute approximate surface area is 188 Å². The monoisotopic (exact) mass is 459 g/mol. The molecule has 11 heteroatoms. The summed E-state index contributed by atoms with van der Waals surface area (Å²) >= 11 is 1.43. The van der Waals surface area contributed by atoms with Crippen LogP contribution in [0.15, 0.2) is 22.6 Å². The number of oxazole rings is 1. The number of nitrogens with zero attached hydrogens (tertiary/aromatic N) is 3. The van der Waals surface area contributed by atoms with E-state index in [1.165, 1.54) is 11.3 Å². The zero-order valence-electron chi connectivity index (χ0n) is 17.8. The van der Waals surface area contributed by atoms with Gasteiger partial charge in [0.1, 0.15) is 11.3 Å². The van der Waals surface area contributed by atoms with Crippen molar-refractivity contribution in [3.8, 4) is 5.75 Å². The summed E-state index contributed by atoms with van der Waals surface area (Å²) in [6.45, 7) is 3.14. The molecule has 0 aliphatic carbocycles. The van der Waals surface area contributed by atoms with Crippen LogP contribution in [0.3, 0.4) is 0 Å². The molecular formula is C21H25N5O5S. The quantitative estimate of drug-likeness (QED) is 0.532. The van der Waals surface area contributed by atoms with Crippen molar-refractivity contribution in [1.82, 2.24) is 15.3 Å². The van der Waals surface area contributed by atoms with Crippen molar-refractivity contribution in [2.45, 2.75) is 37.9 Å². The summed E-state index contributed by atoms with van der Waals surface area (Å²) in [5.41, 5.74) is 2.21. The van der Waals surface area contributed by atoms with E-state index in [-0.39, 0.29) is 30.8 Å². The van der Waals surface area contributed by atoms with Crippen LogP contribution in [0, 0.1) is 0 Å². The number of carbonyl (C=O) groups is 1. The van der Waals surface area contributed by atoms with Crippen LogP contribution in [0.4, 0.5) is 15.9 Å². The molecule has 0 unspecified atom stereocenters. The third-order valence-electron chi connectivity index (χ3n) is 5.85. The van der Waals surface area contributed by atoms with Gasteiger partial charge in [0.2, 0.25) is 0 Å². The van der Waals surface area contributed by atoms with Crippen LogP contribution in [-0.4, -0.2) is 60.1 Å². The Balaban J connectivity index is 1.38. The van der Waals surface area contributed by atoms with E-state index >= 15 is 0 Å². The minimum absolute atomic E-state index is 0.0237. The Bertz CT molecular complexity index is 1130. The largest absolute Gasteiger partial charge is 0.497 e.